The molecule has 0 bridgehead atoms. The lowest BCUT2D eigenvalue weighted by Crippen LogP contribution is -2.31. The first-order chi connectivity index (χ1) is 8.25. The number of aromatic nitrogens is 1. The largest absolute Gasteiger partial charge is 0.451 e. The minimum absolute atomic E-state index is 0.102. The van der Waals surface area contributed by atoms with E-state index < -0.39 is 5.60 Å². The van der Waals surface area contributed by atoms with Crippen molar-refractivity contribution in [1.82, 2.24) is 4.98 Å². The van der Waals surface area contributed by atoms with E-state index in [1.807, 2.05) is 6.07 Å². The van der Waals surface area contributed by atoms with Gasteiger partial charge < -0.3 is 4.74 Å². The number of fused-ring (bicyclic) bond motifs is 2. The van der Waals surface area contributed by atoms with Gasteiger partial charge in [-0.1, -0.05) is 0 Å². The maximum Gasteiger partial charge on any atom is 0.341 e. The average molecular weight is 228 g/mol. The number of hydrogen-bond acceptors (Lipinski definition) is 4. The molecular weight excluding hydrogens is 216 g/mol. The van der Waals surface area contributed by atoms with Crippen LogP contribution in [-0.2, 0) is 10.3 Å². The first kappa shape index (κ1) is 10.3. The number of hydrogen-bond donors (Lipinski definition) is 0. The van der Waals surface area contributed by atoms with E-state index >= 15 is 0 Å². The molecule has 4 heteroatoms. The van der Waals surface area contributed by atoms with Crippen molar-refractivity contribution in [2.45, 2.75) is 31.3 Å². The van der Waals surface area contributed by atoms with Gasteiger partial charge in [0.05, 0.1) is 11.6 Å². The lowest BCUT2D eigenvalue weighted by atomic mass is 9.76. The van der Waals surface area contributed by atoms with Crippen LogP contribution < -0.4 is 0 Å². The van der Waals surface area contributed by atoms with E-state index in [9.17, 15) is 4.79 Å². The highest BCUT2D eigenvalue weighted by molar-refractivity contribution is 5.94. The molecule has 0 N–H and O–H groups in total. The second-order valence-electron chi connectivity index (χ2n) is 4.71. The SMILES string of the molecule is N#CC1CCC2(CC1)OC(=O)c1cnccc12. The zero-order valence-electron chi connectivity index (χ0n) is 9.35. The number of nitriles is 1. The van der Waals surface area contributed by atoms with Gasteiger partial charge in [-0.05, 0) is 31.7 Å². The monoisotopic (exact) mass is 228 g/mol. The van der Waals surface area contributed by atoms with Crippen molar-refractivity contribution >= 4 is 5.97 Å². The zero-order valence-corrected chi connectivity index (χ0v) is 9.35. The van der Waals surface area contributed by atoms with E-state index in [1.54, 1.807) is 12.4 Å². The maximum atomic E-state index is 11.8. The fourth-order valence-corrected chi connectivity index (χ4v) is 2.83. The van der Waals surface area contributed by atoms with Crippen LogP contribution >= 0.6 is 0 Å². The number of ether oxygens (including phenoxy) is 1. The highest BCUT2D eigenvalue weighted by Gasteiger charge is 2.47. The van der Waals surface area contributed by atoms with E-state index in [1.165, 1.54) is 0 Å². The van der Waals surface area contributed by atoms with E-state index in [0.29, 0.717) is 5.56 Å². The minimum atomic E-state index is -0.483. The summed E-state index contributed by atoms with van der Waals surface area (Å²) in [5.41, 5.74) is 1.06. The van der Waals surface area contributed by atoms with Crippen molar-refractivity contribution in [2.75, 3.05) is 0 Å². The number of nitrogens with zero attached hydrogens (tertiary/aromatic N) is 2. The summed E-state index contributed by atoms with van der Waals surface area (Å²) in [5, 5.41) is 8.90. The molecule has 2 aliphatic rings. The van der Waals surface area contributed by atoms with Gasteiger partial charge in [0.2, 0.25) is 0 Å². The van der Waals surface area contributed by atoms with Gasteiger partial charge >= 0.3 is 5.97 Å². The second kappa shape index (κ2) is 3.56. The lowest BCUT2D eigenvalue weighted by molar-refractivity contribution is -0.0323. The molecule has 0 unspecified atom stereocenters. The Bertz CT molecular complexity index is 510. The standard InChI is InChI=1S/C13H12N2O2/c14-7-9-1-4-13(5-2-9)11-3-6-15-8-10(11)12(16)17-13/h3,6,8-9H,1-2,4-5H2. The van der Waals surface area contributed by atoms with Gasteiger partial charge in [-0.2, -0.15) is 5.26 Å². The number of carbonyl (C=O) groups excluding carboxylic acids is 1. The Balaban J connectivity index is 1.97. The summed E-state index contributed by atoms with van der Waals surface area (Å²) in [6.45, 7) is 0. The van der Waals surface area contributed by atoms with Gasteiger partial charge in [-0.15, -0.1) is 0 Å². The highest BCUT2D eigenvalue weighted by Crippen LogP contribution is 2.47. The van der Waals surface area contributed by atoms with Gasteiger partial charge in [0.15, 0.2) is 0 Å². The normalized spacial score (nSPS) is 30.8. The smallest absolute Gasteiger partial charge is 0.341 e. The number of esters is 1. The van der Waals surface area contributed by atoms with Crippen molar-refractivity contribution in [3.05, 3.63) is 29.6 Å². The van der Waals surface area contributed by atoms with E-state index in [2.05, 4.69) is 11.1 Å². The number of pyridine rings is 1. The molecular formula is C13H12N2O2. The molecule has 86 valence electrons. The van der Waals surface area contributed by atoms with Gasteiger partial charge in [0, 0.05) is 23.9 Å². The molecule has 1 aliphatic carbocycles. The summed E-state index contributed by atoms with van der Waals surface area (Å²) in [4.78, 5) is 15.7. The van der Waals surface area contributed by atoms with Gasteiger partial charge in [0.25, 0.3) is 0 Å². The first-order valence-electron chi connectivity index (χ1n) is 5.83. The predicted octanol–water partition coefficient (Wildman–Crippen LogP) is 2.16. The molecule has 2 heterocycles. The molecule has 1 aromatic heterocycles. The Morgan fingerprint density at radius 1 is 1.47 bits per heavy atom. The summed E-state index contributed by atoms with van der Waals surface area (Å²) in [6, 6.07) is 4.16. The van der Waals surface area contributed by atoms with Gasteiger partial charge in [-0.25, -0.2) is 4.79 Å². The van der Waals surface area contributed by atoms with Crippen LogP contribution in [0, 0.1) is 17.2 Å². The number of carbonyl (C=O) groups is 1. The molecule has 1 spiro atoms. The van der Waals surface area contributed by atoms with Gasteiger partial charge in [0.1, 0.15) is 5.60 Å². The fourth-order valence-electron chi connectivity index (χ4n) is 2.83. The zero-order chi connectivity index (χ0) is 11.9. The van der Waals surface area contributed by atoms with Crippen molar-refractivity contribution in [2.24, 2.45) is 5.92 Å². The van der Waals surface area contributed by atoms with Crippen LogP contribution in [0.25, 0.3) is 0 Å². The molecule has 17 heavy (non-hydrogen) atoms. The molecule has 1 saturated carbocycles. The van der Waals surface area contributed by atoms with E-state index in [-0.39, 0.29) is 11.9 Å². The Hall–Kier alpha value is -1.89. The second-order valence-corrected chi connectivity index (χ2v) is 4.71. The van der Waals surface area contributed by atoms with Crippen LogP contribution in [0.5, 0.6) is 0 Å². The number of rotatable bonds is 0. The highest BCUT2D eigenvalue weighted by atomic mass is 16.6. The Morgan fingerprint density at radius 2 is 2.24 bits per heavy atom. The minimum Gasteiger partial charge on any atom is -0.451 e. The van der Waals surface area contributed by atoms with Gasteiger partial charge in [-0.3, -0.25) is 4.98 Å². The molecule has 1 aromatic rings. The first-order valence-corrected chi connectivity index (χ1v) is 5.83. The average Bonchev–Trinajstić information content (AvgIpc) is 2.65. The summed E-state index contributed by atoms with van der Waals surface area (Å²) in [6.07, 6.45) is 6.35. The van der Waals surface area contributed by atoms with E-state index in [4.69, 9.17) is 10.00 Å². The van der Waals surface area contributed by atoms with Crippen LogP contribution in [0.2, 0.25) is 0 Å². The van der Waals surface area contributed by atoms with Crippen LogP contribution in [-0.4, -0.2) is 11.0 Å². The van der Waals surface area contributed by atoms with Crippen molar-refractivity contribution < 1.29 is 9.53 Å². The molecule has 4 nitrogen and oxygen atoms in total. The molecule has 0 saturated heterocycles. The van der Waals surface area contributed by atoms with E-state index in [0.717, 1.165) is 31.2 Å². The summed E-state index contributed by atoms with van der Waals surface area (Å²) < 4.78 is 5.56. The summed E-state index contributed by atoms with van der Waals surface area (Å²) in [5.74, 6) is -0.172. The molecule has 1 aliphatic heterocycles. The van der Waals surface area contributed by atoms with Crippen LogP contribution in [0.4, 0.5) is 0 Å². The molecule has 0 amide bonds. The topological polar surface area (TPSA) is 63.0 Å². The lowest BCUT2D eigenvalue weighted by Gasteiger charge is -2.34. The Labute approximate surface area is 99.2 Å². The van der Waals surface area contributed by atoms with Crippen LogP contribution in [0.3, 0.4) is 0 Å². The summed E-state index contributed by atoms with van der Waals surface area (Å²) in [7, 11) is 0. The summed E-state index contributed by atoms with van der Waals surface area (Å²) >= 11 is 0. The Kier molecular flexibility index (Phi) is 2.15. The molecule has 0 atom stereocenters. The molecule has 1 fully saturated rings. The van der Waals surface area contributed by atoms with Crippen molar-refractivity contribution in [3.8, 4) is 6.07 Å². The Morgan fingerprint density at radius 3 is 2.94 bits per heavy atom. The quantitative estimate of drug-likeness (QED) is 0.638. The molecule has 0 radical (unpaired) electrons. The third-order valence-corrected chi connectivity index (χ3v) is 3.80. The molecule has 3 rings (SSSR count). The van der Waals surface area contributed by atoms with Crippen LogP contribution in [0.15, 0.2) is 18.5 Å². The third-order valence-electron chi connectivity index (χ3n) is 3.80. The fraction of sp³-hybridized carbons (Fsp3) is 0.462. The molecule has 0 aromatic carbocycles. The third kappa shape index (κ3) is 1.42. The maximum absolute atomic E-state index is 11.8. The van der Waals surface area contributed by atoms with Crippen molar-refractivity contribution in [1.29, 1.82) is 5.26 Å². The predicted molar refractivity (Wildman–Crippen MR) is 58.9 cm³/mol. The van der Waals surface area contributed by atoms with Crippen molar-refractivity contribution in [3.63, 3.8) is 0 Å². The van der Waals surface area contributed by atoms with Crippen LogP contribution in [0.1, 0.15) is 41.6 Å².